The third kappa shape index (κ3) is 2.87. The second-order valence-electron chi connectivity index (χ2n) is 7.11. The molecule has 3 rings (SSSR count). The van der Waals surface area contributed by atoms with Crippen LogP contribution < -0.4 is 0 Å². The number of carbonyl (C=O) groups is 1. The number of piperidine rings is 1. The lowest BCUT2D eigenvalue weighted by molar-refractivity contribution is 0.0599. The Balaban J connectivity index is 1.91. The van der Waals surface area contributed by atoms with Gasteiger partial charge in [-0.1, -0.05) is 0 Å². The van der Waals surface area contributed by atoms with Crippen molar-refractivity contribution < 1.29 is 4.79 Å². The standard InChI is InChI=1S/C16H24N6O/c1-11-12(9-19-22(11)16(2,3)4)15(23)21-8-6-5-7-13(21)14-17-10-18-20-14/h9-10,13H,5-8H2,1-4H3,(H,17,18,20). The van der Waals surface area contributed by atoms with Gasteiger partial charge in [0.25, 0.3) is 5.91 Å². The Hall–Kier alpha value is -2.18. The van der Waals surface area contributed by atoms with E-state index in [-0.39, 0.29) is 17.5 Å². The lowest BCUT2D eigenvalue weighted by Gasteiger charge is -2.34. The first kappa shape index (κ1) is 15.7. The maximum absolute atomic E-state index is 13.1. The minimum absolute atomic E-state index is 0.0269. The predicted octanol–water partition coefficient (Wildman–Crippen LogP) is 2.43. The molecular formula is C16H24N6O. The summed E-state index contributed by atoms with van der Waals surface area (Å²) in [5.74, 6) is 0.790. The van der Waals surface area contributed by atoms with Crippen molar-refractivity contribution in [1.82, 2.24) is 29.9 Å². The van der Waals surface area contributed by atoms with Gasteiger partial charge in [-0.2, -0.15) is 10.2 Å². The lowest BCUT2D eigenvalue weighted by Crippen LogP contribution is -2.39. The summed E-state index contributed by atoms with van der Waals surface area (Å²) in [5, 5.41) is 11.3. The quantitative estimate of drug-likeness (QED) is 0.923. The molecule has 0 saturated carbocycles. The number of nitrogens with zero attached hydrogens (tertiary/aromatic N) is 5. The minimum atomic E-state index is -0.144. The highest BCUT2D eigenvalue weighted by molar-refractivity contribution is 5.95. The van der Waals surface area contributed by atoms with Gasteiger partial charge in [-0.05, 0) is 47.0 Å². The summed E-state index contributed by atoms with van der Waals surface area (Å²) in [7, 11) is 0. The van der Waals surface area contributed by atoms with Crippen LogP contribution in [0.1, 0.15) is 68.0 Å². The van der Waals surface area contributed by atoms with Crippen molar-refractivity contribution in [2.45, 2.75) is 58.5 Å². The average Bonchev–Trinajstić information content (AvgIpc) is 3.15. The SMILES string of the molecule is Cc1c(C(=O)N2CCCCC2c2ncn[nH]2)cnn1C(C)(C)C. The maximum atomic E-state index is 13.1. The first-order valence-electron chi connectivity index (χ1n) is 8.11. The Labute approximate surface area is 136 Å². The zero-order valence-corrected chi connectivity index (χ0v) is 14.2. The van der Waals surface area contributed by atoms with Gasteiger partial charge in [0.15, 0.2) is 0 Å². The van der Waals surface area contributed by atoms with Gasteiger partial charge in [-0.15, -0.1) is 0 Å². The van der Waals surface area contributed by atoms with Gasteiger partial charge in [0, 0.05) is 12.2 Å². The molecule has 1 aliphatic rings. The molecule has 3 heterocycles. The molecule has 1 unspecified atom stereocenters. The van der Waals surface area contributed by atoms with Gasteiger partial charge in [-0.25, -0.2) is 4.98 Å². The van der Waals surface area contributed by atoms with Crippen molar-refractivity contribution in [2.75, 3.05) is 6.54 Å². The highest BCUT2D eigenvalue weighted by Crippen LogP contribution is 2.31. The van der Waals surface area contributed by atoms with Crippen LogP contribution in [0.4, 0.5) is 0 Å². The van der Waals surface area contributed by atoms with E-state index in [0.717, 1.165) is 37.3 Å². The summed E-state index contributed by atoms with van der Waals surface area (Å²) in [5.41, 5.74) is 1.44. The molecule has 0 aliphatic carbocycles. The van der Waals surface area contributed by atoms with E-state index in [9.17, 15) is 4.79 Å². The van der Waals surface area contributed by atoms with Crippen molar-refractivity contribution >= 4 is 5.91 Å². The van der Waals surface area contributed by atoms with Gasteiger partial charge in [0.2, 0.25) is 0 Å². The number of carbonyl (C=O) groups excluding carboxylic acids is 1. The van der Waals surface area contributed by atoms with Crippen molar-refractivity contribution in [3.05, 3.63) is 29.6 Å². The average molecular weight is 316 g/mol. The van der Waals surface area contributed by atoms with Crippen LogP contribution in [0.3, 0.4) is 0 Å². The van der Waals surface area contributed by atoms with Gasteiger partial charge >= 0.3 is 0 Å². The molecule has 7 nitrogen and oxygen atoms in total. The van der Waals surface area contributed by atoms with Crippen LogP contribution in [0.5, 0.6) is 0 Å². The van der Waals surface area contributed by atoms with Crippen molar-refractivity contribution in [1.29, 1.82) is 0 Å². The number of nitrogens with one attached hydrogen (secondary N) is 1. The second-order valence-corrected chi connectivity index (χ2v) is 7.11. The van der Waals surface area contributed by atoms with Crippen LogP contribution in [0, 0.1) is 6.92 Å². The summed E-state index contributed by atoms with van der Waals surface area (Å²) in [6, 6.07) is -0.0314. The highest BCUT2D eigenvalue weighted by atomic mass is 16.2. The van der Waals surface area contributed by atoms with Crippen LogP contribution in [0.15, 0.2) is 12.5 Å². The van der Waals surface area contributed by atoms with E-state index in [4.69, 9.17) is 0 Å². The zero-order chi connectivity index (χ0) is 16.6. The first-order chi connectivity index (χ1) is 10.9. The molecular weight excluding hydrogens is 292 g/mol. The van der Waals surface area contributed by atoms with Gasteiger partial charge in [-0.3, -0.25) is 14.6 Å². The molecule has 1 amide bonds. The van der Waals surface area contributed by atoms with E-state index in [2.05, 4.69) is 41.1 Å². The van der Waals surface area contributed by atoms with Crippen molar-refractivity contribution in [2.24, 2.45) is 0 Å². The summed E-state index contributed by atoms with van der Waals surface area (Å²) in [4.78, 5) is 19.2. The fraction of sp³-hybridized carbons (Fsp3) is 0.625. The summed E-state index contributed by atoms with van der Waals surface area (Å²) in [6.45, 7) is 8.95. The number of hydrogen-bond donors (Lipinski definition) is 1. The number of hydrogen-bond acceptors (Lipinski definition) is 4. The van der Waals surface area contributed by atoms with Crippen LogP contribution in [0.25, 0.3) is 0 Å². The van der Waals surface area contributed by atoms with E-state index in [1.54, 1.807) is 6.20 Å². The number of H-pyrrole nitrogens is 1. The number of amides is 1. The molecule has 124 valence electrons. The van der Waals surface area contributed by atoms with Crippen molar-refractivity contribution in [3.63, 3.8) is 0 Å². The molecule has 7 heteroatoms. The number of rotatable bonds is 2. The van der Waals surface area contributed by atoms with Crippen LogP contribution in [0.2, 0.25) is 0 Å². The third-order valence-electron chi connectivity index (χ3n) is 4.39. The lowest BCUT2D eigenvalue weighted by atomic mass is 10.00. The molecule has 1 aliphatic heterocycles. The van der Waals surface area contributed by atoms with E-state index >= 15 is 0 Å². The van der Waals surface area contributed by atoms with Crippen LogP contribution in [-0.4, -0.2) is 42.3 Å². The molecule has 1 fully saturated rings. The van der Waals surface area contributed by atoms with E-state index in [0.29, 0.717) is 5.56 Å². The fourth-order valence-corrected chi connectivity index (χ4v) is 3.29. The molecule has 0 aromatic carbocycles. The van der Waals surface area contributed by atoms with Crippen LogP contribution >= 0.6 is 0 Å². The Kier molecular flexibility index (Phi) is 3.95. The number of aromatic amines is 1. The summed E-state index contributed by atoms with van der Waals surface area (Å²) < 4.78 is 1.91. The van der Waals surface area contributed by atoms with Gasteiger partial charge in [0.05, 0.1) is 23.3 Å². The number of likely N-dealkylation sites (tertiary alicyclic amines) is 1. The third-order valence-corrected chi connectivity index (χ3v) is 4.39. The molecule has 0 radical (unpaired) electrons. The van der Waals surface area contributed by atoms with Gasteiger partial charge < -0.3 is 4.90 Å². The topological polar surface area (TPSA) is 79.7 Å². The monoisotopic (exact) mass is 316 g/mol. The fourth-order valence-electron chi connectivity index (χ4n) is 3.29. The highest BCUT2D eigenvalue weighted by Gasteiger charge is 2.32. The van der Waals surface area contributed by atoms with Gasteiger partial charge in [0.1, 0.15) is 12.2 Å². The van der Waals surface area contributed by atoms with E-state index in [1.165, 1.54) is 6.33 Å². The Bertz CT molecular complexity index is 682. The molecule has 0 spiro atoms. The Morgan fingerprint density at radius 2 is 2.13 bits per heavy atom. The minimum Gasteiger partial charge on any atom is -0.328 e. The molecule has 2 aromatic heterocycles. The molecule has 1 atom stereocenters. The summed E-state index contributed by atoms with van der Waals surface area (Å²) >= 11 is 0. The second kappa shape index (κ2) is 5.79. The molecule has 2 aromatic rings. The zero-order valence-electron chi connectivity index (χ0n) is 14.2. The predicted molar refractivity (Wildman–Crippen MR) is 86.0 cm³/mol. The Morgan fingerprint density at radius 1 is 1.35 bits per heavy atom. The molecule has 1 N–H and O–H groups in total. The summed E-state index contributed by atoms with van der Waals surface area (Å²) in [6.07, 6.45) is 6.20. The molecule has 1 saturated heterocycles. The van der Waals surface area contributed by atoms with Crippen molar-refractivity contribution in [3.8, 4) is 0 Å². The van der Waals surface area contributed by atoms with Crippen LogP contribution in [-0.2, 0) is 5.54 Å². The first-order valence-corrected chi connectivity index (χ1v) is 8.11. The van der Waals surface area contributed by atoms with E-state index in [1.807, 2.05) is 16.5 Å². The van der Waals surface area contributed by atoms with E-state index < -0.39 is 0 Å². The molecule has 0 bridgehead atoms. The smallest absolute Gasteiger partial charge is 0.257 e. The normalized spacial score (nSPS) is 19.1. The maximum Gasteiger partial charge on any atom is 0.257 e. The Morgan fingerprint density at radius 3 is 2.74 bits per heavy atom. The number of aromatic nitrogens is 5. The largest absolute Gasteiger partial charge is 0.328 e. The molecule has 23 heavy (non-hydrogen) atoms.